The summed E-state index contributed by atoms with van der Waals surface area (Å²) in [7, 11) is 2.05. The topological polar surface area (TPSA) is 42.1 Å². The fraction of sp³-hybridized carbons (Fsp3) is 0.308. The minimum absolute atomic E-state index is 0.720. The molecular formula is C13H17N3. The van der Waals surface area contributed by atoms with E-state index in [1.807, 2.05) is 25.2 Å². The van der Waals surface area contributed by atoms with E-state index in [9.17, 15) is 0 Å². The first-order valence-electron chi connectivity index (χ1n) is 5.58. The molecule has 0 atom stereocenters. The van der Waals surface area contributed by atoms with Gasteiger partial charge in [-0.25, -0.2) is 4.98 Å². The molecule has 0 aliphatic carbocycles. The van der Waals surface area contributed by atoms with Gasteiger partial charge in [-0.05, 0) is 31.2 Å². The summed E-state index contributed by atoms with van der Waals surface area (Å²) in [5.74, 6) is 1.01. The summed E-state index contributed by atoms with van der Waals surface area (Å²) >= 11 is 0. The van der Waals surface area contributed by atoms with E-state index in [2.05, 4.69) is 28.1 Å². The second kappa shape index (κ2) is 4.94. The van der Waals surface area contributed by atoms with Crippen molar-refractivity contribution in [3.8, 4) is 0 Å². The normalized spacial score (nSPS) is 10.6. The average Bonchev–Trinajstić information content (AvgIpc) is 2.35. The number of hydrogen-bond donors (Lipinski definition) is 1. The largest absolute Gasteiger partial charge is 0.360 e. The Labute approximate surface area is 95.9 Å². The lowest BCUT2D eigenvalue weighted by molar-refractivity contribution is 0.788. The average molecular weight is 215 g/mol. The molecule has 3 nitrogen and oxygen atoms in total. The van der Waals surface area contributed by atoms with Crippen LogP contribution in [0.1, 0.15) is 6.42 Å². The Morgan fingerprint density at radius 3 is 2.81 bits per heavy atom. The van der Waals surface area contributed by atoms with Crippen molar-refractivity contribution in [2.75, 3.05) is 25.0 Å². The van der Waals surface area contributed by atoms with Gasteiger partial charge in [0, 0.05) is 19.0 Å². The zero-order chi connectivity index (χ0) is 11.4. The Bertz CT molecular complexity index is 467. The van der Waals surface area contributed by atoms with Crippen LogP contribution >= 0.6 is 0 Å². The number of aromatic nitrogens is 1. The third-order valence-electron chi connectivity index (χ3n) is 2.67. The van der Waals surface area contributed by atoms with Crippen LogP contribution < -0.4 is 10.6 Å². The predicted octanol–water partition coefficient (Wildman–Crippen LogP) is 2.02. The molecule has 0 aliphatic heterocycles. The molecule has 0 amide bonds. The summed E-state index contributed by atoms with van der Waals surface area (Å²) in [5, 5.41) is 1.18. The number of benzene rings is 1. The highest BCUT2D eigenvalue weighted by Crippen LogP contribution is 2.16. The second-order valence-corrected chi connectivity index (χ2v) is 3.93. The van der Waals surface area contributed by atoms with E-state index in [0.29, 0.717) is 0 Å². The van der Waals surface area contributed by atoms with Crippen molar-refractivity contribution in [2.24, 2.45) is 5.73 Å². The first-order valence-corrected chi connectivity index (χ1v) is 5.58. The van der Waals surface area contributed by atoms with E-state index >= 15 is 0 Å². The molecule has 2 N–H and O–H groups in total. The second-order valence-electron chi connectivity index (χ2n) is 3.93. The van der Waals surface area contributed by atoms with Gasteiger partial charge in [0.05, 0.1) is 5.52 Å². The van der Waals surface area contributed by atoms with Crippen LogP contribution in [0.3, 0.4) is 0 Å². The van der Waals surface area contributed by atoms with E-state index in [4.69, 9.17) is 5.73 Å². The van der Waals surface area contributed by atoms with Gasteiger partial charge in [-0.1, -0.05) is 18.2 Å². The fourth-order valence-electron chi connectivity index (χ4n) is 1.71. The van der Waals surface area contributed by atoms with Crippen LogP contribution in [0.25, 0.3) is 10.9 Å². The van der Waals surface area contributed by atoms with Crippen molar-refractivity contribution in [1.29, 1.82) is 0 Å². The Kier molecular flexibility index (Phi) is 3.37. The van der Waals surface area contributed by atoms with Crippen LogP contribution in [0.2, 0.25) is 0 Å². The summed E-state index contributed by atoms with van der Waals surface area (Å²) < 4.78 is 0. The lowest BCUT2D eigenvalue weighted by atomic mass is 10.2. The first kappa shape index (κ1) is 10.9. The maximum Gasteiger partial charge on any atom is 0.128 e. The van der Waals surface area contributed by atoms with Gasteiger partial charge >= 0.3 is 0 Å². The summed E-state index contributed by atoms with van der Waals surface area (Å²) in [4.78, 5) is 6.75. The molecule has 0 saturated heterocycles. The Hall–Kier alpha value is -1.61. The van der Waals surface area contributed by atoms with E-state index in [-0.39, 0.29) is 0 Å². The number of anilines is 1. The zero-order valence-corrected chi connectivity index (χ0v) is 9.56. The molecule has 0 radical (unpaired) electrons. The lowest BCUT2D eigenvalue weighted by Crippen LogP contribution is -2.21. The summed E-state index contributed by atoms with van der Waals surface area (Å²) in [6.45, 7) is 1.67. The maximum atomic E-state index is 5.50. The van der Waals surface area contributed by atoms with Crippen molar-refractivity contribution < 1.29 is 0 Å². The fourth-order valence-corrected chi connectivity index (χ4v) is 1.71. The highest BCUT2D eigenvalue weighted by molar-refractivity contribution is 5.80. The predicted molar refractivity (Wildman–Crippen MR) is 68.7 cm³/mol. The molecule has 0 fully saturated rings. The number of nitrogens with zero attached hydrogens (tertiary/aromatic N) is 2. The molecule has 0 aliphatic rings. The standard InChI is InChI=1S/C13H17N3/c1-16(10-4-9-14)13-8-7-11-5-2-3-6-12(11)15-13/h2-3,5-8H,4,9-10,14H2,1H3. The Morgan fingerprint density at radius 2 is 2.00 bits per heavy atom. The molecule has 84 valence electrons. The van der Waals surface area contributed by atoms with Gasteiger partial charge < -0.3 is 10.6 Å². The smallest absolute Gasteiger partial charge is 0.128 e. The van der Waals surface area contributed by atoms with Crippen molar-refractivity contribution in [3.63, 3.8) is 0 Å². The molecule has 1 aromatic carbocycles. The molecule has 16 heavy (non-hydrogen) atoms. The van der Waals surface area contributed by atoms with E-state index < -0.39 is 0 Å². The summed E-state index contributed by atoms with van der Waals surface area (Å²) in [5.41, 5.74) is 6.54. The van der Waals surface area contributed by atoms with E-state index in [0.717, 1.165) is 30.8 Å². The number of rotatable bonds is 4. The minimum atomic E-state index is 0.720. The maximum absolute atomic E-state index is 5.50. The molecular weight excluding hydrogens is 198 g/mol. The van der Waals surface area contributed by atoms with E-state index in [1.54, 1.807) is 0 Å². The summed E-state index contributed by atoms with van der Waals surface area (Å²) in [6, 6.07) is 12.3. The van der Waals surface area contributed by atoms with Gasteiger partial charge in [0.2, 0.25) is 0 Å². The molecule has 0 spiro atoms. The van der Waals surface area contributed by atoms with Gasteiger partial charge in [0.25, 0.3) is 0 Å². The quantitative estimate of drug-likeness (QED) is 0.848. The number of pyridine rings is 1. The van der Waals surface area contributed by atoms with Gasteiger partial charge in [-0.15, -0.1) is 0 Å². The Morgan fingerprint density at radius 1 is 1.19 bits per heavy atom. The SMILES string of the molecule is CN(CCCN)c1ccc2ccccc2n1. The van der Waals surface area contributed by atoms with Gasteiger partial charge in [0.1, 0.15) is 5.82 Å². The number of hydrogen-bond acceptors (Lipinski definition) is 3. The minimum Gasteiger partial charge on any atom is -0.360 e. The molecule has 1 heterocycles. The van der Waals surface area contributed by atoms with Crippen molar-refractivity contribution in [3.05, 3.63) is 36.4 Å². The van der Waals surface area contributed by atoms with Crippen LogP contribution in [0.15, 0.2) is 36.4 Å². The number of nitrogens with two attached hydrogens (primary N) is 1. The third kappa shape index (κ3) is 2.31. The van der Waals surface area contributed by atoms with Crippen LogP contribution in [0, 0.1) is 0 Å². The molecule has 2 aromatic rings. The van der Waals surface area contributed by atoms with E-state index in [1.165, 1.54) is 5.39 Å². The molecule has 2 rings (SSSR count). The highest BCUT2D eigenvalue weighted by Gasteiger charge is 2.02. The lowest BCUT2D eigenvalue weighted by Gasteiger charge is -2.17. The number of fused-ring (bicyclic) bond motifs is 1. The number of para-hydroxylation sites is 1. The molecule has 0 saturated carbocycles. The first-order chi connectivity index (χ1) is 7.81. The Balaban J connectivity index is 2.25. The molecule has 0 unspecified atom stereocenters. The van der Waals surface area contributed by atoms with Gasteiger partial charge in [-0.3, -0.25) is 0 Å². The summed E-state index contributed by atoms with van der Waals surface area (Å²) in [6.07, 6.45) is 0.991. The zero-order valence-electron chi connectivity index (χ0n) is 9.56. The van der Waals surface area contributed by atoms with Crippen LogP contribution in [-0.2, 0) is 0 Å². The van der Waals surface area contributed by atoms with Crippen LogP contribution in [-0.4, -0.2) is 25.1 Å². The highest BCUT2D eigenvalue weighted by atomic mass is 15.2. The van der Waals surface area contributed by atoms with Gasteiger partial charge in [0.15, 0.2) is 0 Å². The molecule has 0 bridgehead atoms. The van der Waals surface area contributed by atoms with Crippen LogP contribution in [0.4, 0.5) is 5.82 Å². The molecule has 1 aromatic heterocycles. The van der Waals surface area contributed by atoms with Crippen molar-refractivity contribution >= 4 is 16.7 Å². The van der Waals surface area contributed by atoms with Crippen molar-refractivity contribution in [1.82, 2.24) is 4.98 Å². The van der Waals surface area contributed by atoms with Crippen LogP contribution in [0.5, 0.6) is 0 Å². The molecule has 3 heteroatoms. The van der Waals surface area contributed by atoms with Gasteiger partial charge in [-0.2, -0.15) is 0 Å². The van der Waals surface area contributed by atoms with Crippen molar-refractivity contribution in [2.45, 2.75) is 6.42 Å². The third-order valence-corrected chi connectivity index (χ3v) is 2.67. The monoisotopic (exact) mass is 215 g/mol.